The summed E-state index contributed by atoms with van der Waals surface area (Å²) >= 11 is 0. The quantitative estimate of drug-likeness (QED) is 0.582. The van der Waals surface area contributed by atoms with Gasteiger partial charge in [-0.05, 0) is 31.1 Å². The van der Waals surface area contributed by atoms with Crippen LogP contribution in [0, 0.1) is 17.3 Å². The third kappa shape index (κ3) is 1.27. The molecule has 0 amide bonds. The Labute approximate surface area is 79.7 Å². The number of esters is 1. The highest BCUT2D eigenvalue weighted by atomic mass is 16.5. The standard InChI is InChI=1S/C11H18O2/c1-7(12)13-10-8-4-5-9(6-8)11(10,2)3/h8-10H,4-6H2,1-3H3/t8?,9?,10-/m0/s1. The van der Waals surface area contributed by atoms with Crippen molar-refractivity contribution in [3.63, 3.8) is 0 Å². The highest BCUT2D eigenvalue weighted by molar-refractivity contribution is 5.66. The molecule has 2 saturated carbocycles. The van der Waals surface area contributed by atoms with Crippen LogP contribution in [0.15, 0.2) is 0 Å². The summed E-state index contributed by atoms with van der Waals surface area (Å²) in [5.41, 5.74) is 0.217. The van der Waals surface area contributed by atoms with Crippen LogP contribution in [0.1, 0.15) is 40.0 Å². The van der Waals surface area contributed by atoms with Gasteiger partial charge in [0.2, 0.25) is 0 Å². The van der Waals surface area contributed by atoms with Gasteiger partial charge in [-0.15, -0.1) is 0 Å². The fourth-order valence-electron chi connectivity index (χ4n) is 3.23. The number of carbonyl (C=O) groups is 1. The molecule has 2 heteroatoms. The number of hydrogen-bond acceptors (Lipinski definition) is 2. The van der Waals surface area contributed by atoms with Crippen molar-refractivity contribution in [1.29, 1.82) is 0 Å². The lowest BCUT2D eigenvalue weighted by Crippen LogP contribution is -2.38. The largest absolute Gasteiger partial charge is 0.462 e. The molecule has 2 aliphatic rings. The van der Waals surface area contributed by atoms with Crippen molar-refractivity contribution in [3.05, 3.63) is 0 Å². The molecule has 2 fully saturated rings. The van der Waals surface area contributed by atoms with Gasteiger partial charge in [0.1, 0.15) is 6.10 Å². The van der Waals surface area contributed by atoms with Crippen molar-refractivity contribution in [2.24, 2.45) is 17.3 Å². The molecule has 13 heavy (non-hydrogen) atoms. The first-order valence-corrected chi connectivity index (χ1v) is 5.19. The fraction of sp³-hybridized carbons (Fsp3) is 0.909. The summed E-state index contributed by atoms with van der Waals surface area (Å²) in [6.45, 7) is 6.00. The van der Waals surface area contributed by atoms with Gasteiger partial charge in [-0.1, -0.05) is 13.8 Å². The molecule has 2 bridgehead atoms. The lowest BCUT2D eigenvalue weighted by atomic mass is 9.74. The fourth-order valence-corrected chi connectivity index (χ4v) is 3.23. The van der Waals surface area contributed by atoms with Crippen molar-refractivity contribution < 1.29 is 9.53 Å². The predicted octanol–water partition coefficient (Wildman–Crippen LogP) is 2.37. The second-order valence-electron chi connectivity index (χ2n) is 5.12. The summed E-state index contributed by atoms with van der Waals surface area (Å²) in [7, 11) is 0. The van der Waals surface area contributed by atoms with Crippen LogP contribution in [0.5, 0.6) is 0 Å². The van der Waals surface area contributed by atoms with Crippen LogP contribution >= 0.6 is 0 Å². The van der Waals surface area contributed by atoms with Crippen molar-refractivity contribution in [1.82, 2.24) is 0 Å². The molecule has 2 unspecified atom stereocenters. The van der Waals surface area contributed by atoms with Crippen LogP contribution in [0.2, 0.25) is 0 Å². The van der Waals surface area contributed by atoms with Gasteiger partial charge in [-0.2, -0.15) is 0 Å². The second-order valence-corrected chi connectivity index (χ2v) is 5.12. The third-order valence-electron chi connectivity index (χ3n) is 3.98. The van der Waals surface area contributed by atoms with E-state index in [1.807, 2.05) is 0 Å². The van der Waals surface area contributed by atoms with E-state index in [1.54, 1.807) is 0 Å². The van der Waals surface area contributed by atoms with E-state index in [4.69, 9.17) is 4.74 Å². The molecule has 0 heterocycles. The topological polar surface area (TPSA) is 26.3 Å². The molecule has 2 rings (SSSR count). The predicted molar refractivity (Wildman–Crippen MR) is 50.2 cm³/mol. The first-order valence-electron chi connectivity index (χ1n) is 5.19. The molecule has 3 atom stereocenters. The lowest BCUT2D eigenvalue weighted by molar-refractivity contribution is -0.156. The van der Waals surface area contributed by atoms with Gasteiger partial charge in [-0.3, -0.25) is 4.79 Å². The maximum Gasteiger partial charge on any atom is 0.302 e. The van der Waals surface area contributed by atoms with Crippen LogP contribution in [-0.2, 0) is 9.53 Å². The zero-order valence-corrected chi connectivity index (χ0v) is 8.67. The van der Waals surface area contributed by atoms with Gasteiger partial charge in [0, 0.05) is 12.3 Å². The van der Waals surface area contributed by atoms with Gasteiger partial charge in [0.15, 0.2) is 0 Å². The van der Waals surface area contributed by atoms with E-state index >= 15 is 0 Å². The zero-order chi connectivity index (χ0) is 9.64. The Kier molecular flexibility index (Phi) is 1.90. The SMILES string of the molecule is CC(=O)O[C@H]1C2CCC(C2)C1(C)C. The second kappa shape index (κ2) is 2.73. The summed E-state index contributed by atoms with van der Waals surface area (Å²) in [6, 6.07) is 0. The molecule has 0 aliphatic heterocycles. The lowest BCUT2D eigenvalue weighted by Gasteiger charge is -2.37. The minimum absolute atomic E-state index is 0.120. The normalized spacial score (nSPS) is 40.7. The first kappa shape index (κ1) is 9.04. The van der Waals surface area contributed by atoms with Gasteiger partial charge in [0.05, 0.1) is 0 Å². The smallest absolute Gasteiger partial charge is 0.302 e. The van der Waals surface area contributed by atoms with E-state index in [0.29, 0.717) is 5.92 Å². The summed E-state index contributed by atoms with van der Waals surface area (Å²) in [5.74, 6) is 1.30. The van der Waals surface area contributed by atoms with E-state index in [0.717, 1.165) is 5.92 Å². The van der Waals surface area contributed by atoms with E-state index < -0.39 is 0 Å². The molecule has 0 aromatic carbocycles. The molecule has 0 saturated heterocycles. The maximum atomic E-state index is 10.9. The van der Waals surface area contributed by atoms with Crippen LogP contribution in [-0.4, -0.2) is 12.1 Å². The van der Waals surface area contributed by atoms with Gasteiger partial charge >= 0.3 is 5.97 Å². The molecule has 2 aliphatic carbocycles. The number of fused-ring (bicyclic) bond motifs is 2. The number of hydrogen-bond donors (Lipinski definition) is 0. The summed E-state index contributed by atoms with van der Waals surface area (Å²) in [5, 5.41) is 0. The van der Waals surface area contributed by atoms with Crippen LogP contribution in [0.3, 0.4) is 0 Å². The number of ether oxygens (including phenoxy) is 1. The monoisotopic (exact) mass is 182 g/mol. The van der Waals surface area contributed by atoms with Gasteiger partial charge in [-0.25, -0.2) is 0 Å². The van der Waals surface area contributed by atoms with E-state index in [1.165, 1.54) is 26.2 Å². The van der Waals surface area contributed by atoms with E-state index in [9.17, 15) is 4.79 Å². The van der Waals surface area contributed by atoms with Crippen molar-refractivity contribution in [2.45, 2.75) is 46.1 Å². The number of rotatable bonds is 1. The molecular weight excluding hydrogens is 164 g/mol. The first-order chi connectivity index (χ1) is 6.01. The average molecular weight is 182 g/mol. The Hall–Kier alpha value is -0.530. The molecule has 0 spiro atoms. The highest BCUT2D eigenvalue weighted by Gasteiger charge is 2.54. The maximum absolute atomic E-state index is 10.9. The van der Waals surface area contributed by atoms with Gasteiger partial charge in [0.25, 0.3) is 0 Å². The van der Waals surface area contributed by atoms with E-state index in [-0.39, 0.29) is 17.5 Å². The highest BCUT2D eigenvalue weighted by Crippen LogP contribution is 2.56. The molecule has 2 nitrogen and oxygen atoms in total. The molecule has 0 N–H and O–H groups in total. The Morgan fingerprint density at radius 2 is 2.08 bits per heavy atom. The van der Waals surface area contributed by atoms with Crippen LogP contribution in [0.25, 0.3) is 0 Å². The Balaban J connectivity index is 2.14. The van der Waals surface area contributed by atoms with E-state index in [2.05, 4.69) is 13.8 Å². The third-order valence-corrected chi connectivity index (χ3v) is 3.98. The Morgan fingerprint density at radius 3 is 2.54 bits per heavy atom. The van der Waals surface area contributed by atoms with Crippen LogP contribution in [0.4, 0.5) is 0 Å². The molecule has 0 aromatic rings. The average Bonchev–Trinajstić information content (AvgIpc) is 2.53. The minimum atomic E-state index is -0.120. The minimum Gasteiger partial charge on any atom is -0.462 e. The Bertz CT molecular complexity index is 232. The summed E-state index contributed by atoms with van der Waals surface area (Å²) < 4.78 is 5.42. The number of carbonyl (C=O) groups excluding carboxylic acids is 1. The summed E-state index contributed by atoms with van der Waals surface area (Å²) in [6.07, 6.45) is 4.04. The van der Waals surface area contributed by atoms with Gasteiger partial charge < -0.3 is 4.74 Å². The molecule has 74 valence electrons. The molecular formula is C11H18O2. The van der Waals surface area contributed by atoms with Crippen molar-refractivity contribution in [3.8, 4) is 0 Å². The zero-order valence-electron chi connectivity index (χ0n) is 8.67. The van der Waals surface area contributed by atoms with Crippen molar-refractivity contribution >= 4 is 5.97 Å². The van der Waals surface area contributed by atoms with Crippen molar-refractivity contribution in [2.75, 3.05) is 0 Å². The van der Waals surface area contributed by atoms with Crippen LogP contribution < -0.4 is 0 Å². The molecule has 0 radical (unpaired) electrons. The summed E-state index contributed by atoms with van der Waals surface area (Å²) in [4.78, 5) is 10.9. The molecule has 0 aromatic heterocycles. The Morgan fingerprint density at radius 1 is 1.38 bits per heavy atom.